The maximum atomic E-state index is 12.2. The normalized spacial score (nSPS) is 34.6. The monoisotopic (exact) mass is 267 g/mol. The Labute approximate surface area is 111 Å². The molecular weight excluding hydrogens is 250 g/mol. The van der Waals surface area contributed by atoms with Gasteiger partial charge in [-0.05, 0) is 26.3 Å². The van der Waals surface area contributed by atoms with Crippen LogP contribution in [0.15, 0.2) is 0 Å². The summed E-state index contributed by atoms with van der Waals surface area (Å²) < 4.78 is 0. The Balaban J connectivity index is 1.93. The van der Waals surface area contributed by atoms with Crippen molar-refractivity contribution in [3.63, 3.8) is 0 Å². The number of carbonyl (C=O) groups is 2. The topological polar surface area (TPSA) is 66.6 Å². The molecule has 3 aliphatic rings. The predicted molar refractivity (Wildman–Crippen MR) is 69.7 cm³/mol. The second-order valence-corrected chi connectivity index (χ2v) is 6.10. The predicted octanol–water partition coefficient (Wildman–Crippen LogP) is -0.258. The van der Waals surface area contributed by atoms with Crippen molar-refractivity contribution in [2.45, 2.75) is 24.8 Å². The fourth-order valence-electron chi connectivity index (χ4n) is 3.17. The van der Waals surface area contributed by atoms with Gasteiger partial charge in [0.15, 0.2) is 0 Å². The van der Waals surface area contributed by atoms with Gasteiger partial charge >= 0.3 is 0 Å². The highest BCUT2D eigenvalue weighted by molar-refractivity contribution is 7.80. The zero-order valence-corrected chi connectivity index (χ0v) is 11.2. The van der Waals surface area contributed by atoms with Crippen molar-refractivity contribution in [3.8, 4) is 0 Å². The van der Waals surface area contributed by atoms with Crippen molar-refractivity contribution in [2.75, 3.05) is 20.1 Å². The van der Waals surface area contributed by atoms with Gasteiger partial charge in [0.1, 0.15) is 5.54 Å². The molecule has 18 heavy (non-hydrogen) atoms. The number of rotatable bonds is 2. The molecule has 3 rings (SSSR count). The summed E-state index contributed by atoms with van der Waals surface area (Å²) in [6.07, 6.45) is 2.05. The summed E-state index contributed by atoms with van der Waals surface area (Å²) in [5, 5.41) is 0. The number of nitrogens with two attached hydrogens (primary N) is 1. The van der Waals surface area contributed by atoms with Gasteiger partial charge < -0.3 is 10.6 Å². The zero-order valence-electron chi connectivity index (χ0n) is 10.4. The van der Waals surface area contributed by atoms with Crippen LogP contribution in [0.5, 0.6) is 0 Å². The van der Waals surface area contributed by atoms with Gasteiger partial charge in [-0.3, -0.25) is 14.5 Å². The zero-order chi connectivity index (χ0) is 13.1. The minimum Gasteiger partial charge on any atom is -0.391 e. The van der Waals surface area contributed by atoms with E-state index in [1.54, 1.807) is 0 Å². The number of imide groups is 1. The van der Waals surface area contributed by atoms with Crippen LogP contribution in [-0.2, 0) is 9.59 Å². The molecule has 2 atom stereocenters. The average Bonchev–Trinajstić information content (AvgIpc) is 3.07. The highest BCUT2D eigenvalue weighted by Crippen LogP contribution is 2.50. The van der Waals surface area contributed by atoms with E-state index in [0.29, 0.717) is 17.8 Å². The van der Waals surface area contributed by atoms with E-state index in [2.05, 4.69) is 4.90 Å². The first kappa shape index (κ1) is 12.0. The lowest BCUT2D eigenvalue weighted by Crippen LogP contribution is -2.63. The van der Waals surface area contributed by atoms with Gasteiger partial charge in [-0.15, -0.1) is 0 Å². The van der Waals surface area contributed by atoms with E-state index >= 15 is 0 Å². The Kier molecular flexibility index (Phi) is 2.50. The maximum Gasteiger partial charge on any atom is 0.234 e. The fraction of sp³-hybridized carbons (Fsp3) is 0.750. The van der Waals surface area contributed by atoms with E-state index in [1.165, 1.54) is 4.90 Å². The van der Waals surface area contributed by atoms with Crippen LogP contribution in [0, 0.1) is 11.8 Å². The average molecular weight is 267 g/mol. The number of hydrogen-bond acceptors (Lipinski definition) is 4. The molecule has 2 heterocycles. The molecule has 6 heteroatoms. The Morgan fingerprint density at radius 2 is 1.78 bits per heavy atom. The number of fused-ring (bicyclic) bond motifs is 1. The lowest BCUT2D eigenvalue weighted by molar-refractivity contribution is -0.147. The Hall–Kier alpha value is -1.01. The molecule has 2 saturated heterocycles. The van der Waals surface area contributed by atoms with Crippen LogP contribution < -0.4 is 5.73 Å². The van der Waals surface area contributed by atoms with Crippen molar-refractivity contribution in [2.24, 2.45) is 17.6 Å². The number of likely N-dealkylation sites (tertiary alicyclic amines) is 2. The quantitative estimate of drug-likeness (QED) is 0.551. The molecule has 2 amide bonds. The maximum absolute atomic E-state index is 12.2. The van der Waals surface area contributed by atoms with Crippen LogP contribution in [-0.4, -0.2) is 52.3 Å². The number of nitrogens with zero attached hydrogens (tertiary/aromatic N) is 2. The molecule has 1 aliphatic carbocycles. The van der Waals surface area contributed by atoms with Crippen LogP contribution in [0.2, 0.25) is 0 Å². The standard InChI is InChI=1S/C12H17N3O2S/c1-14-4-2-12(3-5-14,11(13)18)15-9(16)7-6-8(7)10(15)17/h7-8H,2-6H2,1H3,(H2,13,18). The lowest BCUT2D eigenvalue weighted by Gasteiger charge is -2.45. The molecule has 0 aromatic carbocycles. The molecule has 0 aromatic rings. The molecule has 98 valence electrons. The summed E-state index contributed by atoms with van der Waals surface area (Å²) in [4.78, 5) is 28.3. The first-order valence-corrected chi connectivity index (χ1v) is 6.74. The lowest BCUT2D eigenvalue weighted by atomic mass is 9.85. The van der Waals surface area contributed by atoms with E-state index in [4.69, 9.17) is 18.0 Å². The molecule has 1 saturated carbocycles. The summed E-state index contributed by atoms with van der Waals surface area (Å²) >= 11 is 5.18. The third-order valence-electron chi connectivity index (χ3n) is 4.57. The smallest absolute Gasteiger partial charge is 0.234 e. The first-order valence-electron chi connectivity index (χ1n) is 6.34. The molecule has 0 radical (unpaired) electrons. The number of thiocarbonyl (C=S) groups is 1. The van der Waals surface area contributed by atoms with E-state index in [-0.39, 0.29) is 23.7 Å². The van der Waals surface area contributed by atoms with Crippen molar-refractivity contribution in [3.05, 3.63) is 0 Å². The van der Waals surface area contributed by atoms with Crippen LogP contribution in [0.3, 0.4) is 0 Å². The van der Waals surface area contributed by atoms with Gasteiger partial charge in [-0.25, -0.2) is 0 Å². The van der Waals surface area contributed by atoms with Gasteiger partial charge in [-0.1, -0.05) is 12.2 Å². The highest BCUT2D eigenvalue weighted by Gasteiger charge is 2.64. The van der Waals surface area contributed by atoms with E-state index in [1.807, 2.05) is 7.05 Å². The first-order chi connectivity index (χ1) is 8.47. The molecule has 2 unspecified atom stereocenters. The third-order valence-corrected chi connectivity index (χ3v) is 4.95. The molecule has 0 aromatic heterocycles. The summed E-state index contributed by atoms with van der Waals surface area (Å²) in [7, 11) is 2.02. The number of amides is 2. The highest BCUT2D eigenvalue weighted by atomic mass is 32.1. The molecule has 5 nitrogen and oxygen atoms in total. The van der Waals surface area contributed by atoms with Gasteiger partial charge in [0.05, 0.1) is 16.8 Å². The van der Waals surface area contributed by atoms with Gasteiger partial charge in [0.2, 0.25) is 11.8 Å². The fourth-order valence-corrected chi connectivity index (χ4v) is 3.47. The van der Waals surface area contributed by atoms with E-state index in [0.717, 1.165) is 19.5 Å². The van der Waals surface area contributed by atoms with E-state index < -0.39 is 5.54 Å². The Morgan fingerprint density at radius 3 is 2.22 bits per heavy atom. The van der Waals surface area contributed by atoms with E-state index in [9.17, 15) is 9.59 Å². The Bertz CT molecular complexity index is 423. The number of carbonyl (C=O) groups excluding carboxylic acids is 2. The van der Waals surface area contributed by atoms with Crippen LogP contribution in [0.25, 0.3) is 0 Å². The minimum atomic E-state index is -0.705. The van der Waals surface area contributed by atoms with Crippen LogP contribution in [0.4, 0.5) is 0 Å². The molecule has 2 N–H and O–H groups in total. The summed E-state index contributed by atoms with van der Waals surface area (Å²) in [5.74, 6) is -0.267. The van der Waals surface area contributed by atoms with Gasteiger partial charge in [0.25, 0.3) is 0 Å². The summed E-state index contributed by atoms with van der Waals surface area (Å²) in [6.45, 7) is 1.62. The van der Waals surface area contributed by atoms with Crippen LogP contribution in [0.1, 0.15) is 19.3 Å². The molecule has 3 fully saturated rings. The second-order valence-electron chi connectivity index (χ2n) is 5.66. The molecule has 2 aliphatic heterocycles. The van der Waals surface area contributed by atoms with Crippen molar-refractivity contribution in [1.82, 2.24) is 9.80 Å². The Morgan fingerprint density at radius 1 is 1.28 bits per heavy atom. The number of piperidine rings is 2. The minimum absolute atomic E-state index is 0.0534. The van der Waals surface area contributed by atoms with Crippen LogP contribution >= 0.6 is 12.2 Å². The third kappa shape index (κ3) is 1.45. The van der Waals surface area contributed by atoms with Crippen molar-refractivity contribution in [1.29, 1.82) is 0 Å². The van der Waals surface area contributed by atoms with Gasteiger partial charge in [0, 0.05) is 13.1 Å². The summed E-state index contributed by atoms with van der Waals surface area (Å²) in [6, 6.07) is 0. The SMILES string of the molecule is CN1CCC(C(N)=S)(N2C(=O)C3CC3C2=O)CC1. The van der Waals surface area contributed by atoms with Crippen molar-refractivity contribution >= 4 is 29.0 Å². The van der Waals surface area contributed by atoms with Crippen molar-refractivity contribution < 1.29 is 9.59 Å². The second kappa shape index (κ2) is 3.74. The summed E-state index contributed by atoms with van der Waals surface area (Å²) in [5.41, 5.74) is 5.17. The number of hydrogen-bond donors (Lipinski definition) is 1. The molecule has 0 spiro atoms. The van der Waals surface area contributed by atoms with Gasteiger partial charge in [-0.2, -0.15) is 0 Å². The molecular formula is C12H17N3O2S. The molecule has 0 bridgehead atoms. The largest absolute Gasteiger partial charge is 0.391 e.